The lowest BCUT2D eigenvalue weighted by Gasteiger charge is -2.05. The first-order chi connectivity index (χ1) is 6.20. The Hall–Kier alpha value is 0.490. The molecule has 5 heteroatoms. The van der Waals surface area contributed by atoms with E-state index in [-0.39, 0.29) is 0 Å². The predicted octanol–water partition coefficient (Wildman–Crippen LogP) is 4.36. The number of thioether (sulfide) groups is 1. The number of rotatable bonds is 3. The summed E-state index contributed by atoms with van der Waals surface area (Å²) < 4.78 is 1.48. The summed E-state index contributed by atoms with van der Waals surface area (Å²) in [6.45, 7) is 0. The zero-order valence-electron chi connectivity index (χ0n) is 6.39. The van der Waals surface area contributed by atoms with Gasteiger partial charge in [0.1, 0.15) is 0 Å². The molecule has 0 atom stereocenters. The molecule has 70 valence electrons. The summed E-state index contributed by atoms with van der Waals surface area (Å²) in [4.78, 5) is 11.6. The van der Waals surface area contributed by atoms with Crippen LogP contribution in [0.2, 0.25) is 5.02 Å². The molecular formula is C8H5Br2ClOS. The van der Waals surface area contributed by atoms with Gasteiger partial charge in [-0.3, -0.25) is 4.79 Å². The highest BCUT2D eigenvalue weighted by Gasteiger charge is 2.09. The fourth-order valence-corrected chi connectivity index (χ4v) is 3.00. The van der Waals surface area contributed by atoms with Gasteiger partial charge in [0.25, 0.3) is 0 Å². The van der Waals surface area contributed by atoms with Crippen molar-refractivity contribution in [3.05, 3.63) is 27.2 Å². The van der Waals surface area contributed by atoms with Crippen LogP contribution in [0, 0.1) is 0 Å². The van der Waals surface area contributed by atoms with Crippen LogP contribution in [0.25, 0.3) is 0 Å². The molecule has 0 aliphatic carbocycles. The summed E-state index contributed by atoms with van der Waals surface area (Å²) in [5, 5.41) is 0.508. The smallest absolute Gasteiger partial charge is 0.152 e. The monoisotopic (exact) mass is 342 g/mol. The molecule has 0 saturated heterocycles. The van der Waals surface area contributed by atoms with Crippen molar-refractivity contribution in [3.8, 4) is 0 Å². The Bertz CT molecular complexity index is 330. The minimum atomic E-state index is 0.507. The first kappa shape index (κ1) is 11.6. The van der Waals surface area contributed by atoms with Gasteiger partial charge in [-0.15, -0.1) is 11.8 Å². The first-order valence-electron chi connectivity index (χ1n) is 3.32. The Morgan fingerprint density at radius 1 is 1.54 bits per heavy atom. The van der Waals surface area contributed by atoms with Crippen molar-refractivity contribution in [3.63, 3.8) is 0 Å². The molecule has 13 heavy (non-hydrogen) atoms. The van der Waals surface area contributed by atoms with E-state index in [2.05, 4.69) is 31.9 Å². The fourth-order valence-electron chi connectivity index (χ4n) is 0.828. The Kier molecular flexibility index (Phi) is 4.80. The van der Waals surface area contributed by atoms with E-state index in [0.717, 1.165) is 20.3 Å². The van der Waals surface area contributed by atoms with Crippen molar-refractivity contribution < 1.29 is 4.79 Å². The van der Waals surface area contributed by atoms with Crippen molar-refractivity contribution in [2.24, 2.45) is 0 Å². The summed E-state index contributed by atoms with van der Waals surface area (Å²) in [7, 11) is 0. The Labute approximate surface area is 102 Å². The van der Waals surface area contributed by atoms with Crippen LogP contribution in [-0.4, -0.2) is 10.9 Å². The van der Waals surface area contributed by atoms with Gasteiger partial charge in [-0.2, -0.15) is 0 Å². The first-order valence-corrected chi connectivity index (χ1v) is 6.60. The average Bonchev–Trinajstić information content (AvgIpc) is 2.11. The van der Waals surface area contributed by atoms with Crippen LogP contribution in [-0.2, 0) is 0 Å². The summed E-state index contributed by atoms with van der Waals surface area (Å²) >= 11 is 14.1. The molecule has 1 nitrogen and oxygen atoms in total. The second-order valence-corrected chi connectivity index (χ2v) is 5.70. The van der Waals surface area contributed by atoms with E-state index >= 15 is 0 Å². The second kappa shape index (κ2) is 5.39. The van der Waals surface area contributed by atoms with E-state index in [1.807, 2.05) is 12.1 Å². The molecule has 0 radical (unpaired) electrons. The lowest BCUT2D eigenvalue weighted by atomic mass is 10.2. The highest BCUT2D eigenvalue weighted by molar-refractivity contribution is 9.11. The number of halogens is 3. The number of hydrogen-bond acceptors (Lipinski definition) is 2. The summed E-state index contributed by atoms with van der Waals surface area (Å²) in [5.74, 6) is 0. The average molecular weight is 344 g/mol. The molecule has 1 rings (SSSR count). The summed E-state index contributed by atoms with van der Waals surface area (Å²) in [6, 6.07) is 3.70. The van der Waals surface area contributed by atoms with Crippen LogP contribution >= 0.6 is 55.2 Å². The van der Waals surface area contributed by atoms with E-state index in [9.17, 15) is 4.79 Å². The fraction of sp³-hybridized carbons (Fsp3) is 0.125. The molecule has 0 aliphatic rings. The van der Waals surface area contributed by atoms with Crippen molar-refractivity contribution in [2.45, 2.75) is 4.90 Å². The number of hydrogen-bond donors (Lipinski definition) is 0. The Morgan fingerprint density at radius 3 is 2.77 bits per heavy atom. The number of alkyl halides is 1. The third-order valence-electron chi connectivity index (χ3n) is 1.42. The van der Waals surface area contributed by atoms with E-state index < -0.39 is 0 Å². The number of carbonyl (C=O) groups is 1. The SMILES string of the molecule is O=Cc1c(Br)ccc(SCBr)c1Cl. The van der Waals surface area contributed by atoms with Gasteiger partial charge in [0.15, 0.2) is 6.29 Å². The quantitative estimate of drug-likeness (QED) is 0.460. The van der Waals surface area contributed by atoms with Crippen LogP contribution in [0.3, 0.4) is 0 Å². The molecule has 0 amide bonds. The molecule has 0 spiro atoms. The van der Waals surface area contributed by atoms with Crippen molar-refractivity contribution in [1.29, 1.82) is 0 Å². The minimum absolute atomic E-state index is 0.507. The van der Waals surface area contributed by atoms with E-state index in [0.29, 0.717) is 10.6 Å². The van der Waals surface area contributed by atoms with Crippen molar-refractivity contribution in [1.82, 2.24) is 0 Å². The zero-order chi connectivity index (χ0) is 9.84. The van der Waals surface area contributed by atoms with Crippen molar-refractivity contribution >= 4 is 61.5 Å². The van der Waals surface area contributed by atoms with E-state index in [4.69, 9.17) is 11.6 Å². The zero-order valence-corrected chi connectivity index (χ0v) is 11.1. The van der Waals surface area contributed by atoms with Gasteiger partial charge in [-0.25, -0.2) is 0 Å². The third kappa shape index (κ3) is 2.72. The van der Waals surface area contributed by atoms with Crippen LogP contribution in [0.4, 0.5) is 0 Å². The van der Waals surface area contributed by atoms with Crippen LogP contribution in [0.1, 0.15) is 10.4 Å². The topological polar surface area (TPSA) is 17.1 Å². The standard InChI is InChI=1S/C8H5Br2ClOS/c9-4-13-7-2-1-6(10)5(3-12)8(7)11/h1-3H,4H2. The van der Waals surface area contributed by atoms with Gasteiger partial charge < -0.3 is 0 Å². The molecule has 1 aromatic carbocycles. The molecule has 1 aromatic rings. The van der Waals surface area contributed by atoms with Crippen molar-refractivity contribution in [2.75, 3.05) is 4.66 Å². The predicted molar refractivity (Wildman–Crippen MR) is 64.2 cm³/mol. The highest BCUT2D eigenvalue weighted by atomic mass is 79.9. The maximum absolute atomic E-state index is 10.7. The molecule has 0 heterocycles. The highest BCUT2D eigenvalue weighted by Crippen LogP contribution is 2.33. The summed E-state index contributed by atoms with van der Waals surface area (Å²) in [6.07, 6.45) is 0.755. The molecular weight excluding hydrogens is 339 g/mol. The third-order valence-corrected chi connectivity index (χ3v) is 4.08. The maximum Gasteiger partial charge on any atom is 0.152 e. The maximum atomic E-state index is 10.7. The molecule has 0 bridgehead atoms. The number of benzene rings is 1. The van der Waals surface area contributed by atoms with Crippen LogP contribution < -0.4 is 0 Å². The van der Waals surface area contributed by atoms with Gasteiger partial charge >= 0.3 is 0 Å². The molecule has 0 unspecified atom stereocenters. The molecule has 0 N–H and O–H groups in total. The lowest BCUT2D eigenvalue weighted by molar-refractivity contribution is 0.112. The van der Waals surface area contributed by atoms with Gasteiger partial charge in [-0.1, -0.05) is 43.5 Å². The lowest BCUT2D eigenvalue weighted by Crippen LogP contribution is -1.86. The van der Waals surface area contributed by atoms with Gasteiger partial charge in [0.2, 0.25) is 0 Å². The van der Waals surface area contributed by atoms with Gasteiger partial charge in [-0.05, 0) is 12.1 Å². The molecule has 0 aromatic heterocycles. The molecule has 0 saturated carbocycles. The van der Waals surface area contributed by atoms with E-state index in [1.165, 1.54) is 0 Å². The van der Waals surface area contributed by atoms with Crippen LogP contribution in [0.5, 0.6) is 0 Å². The molecule has 0 fully saturated rings. The second-order valence-electron chi connectivity index (χ2n) is 2.14. The normalized spacial score (nSPS) is 10.1. The van der Waals surface area contributed by atoms with Gasteiger partial charge in [0.05, 0.1) is 9.68 Å². The molecule has 0 aliphatic heterocycles. The largest absolute Gasteiger partial charge is 0.298 e. The number of aldehydes is 1. The van der Waals surface area contributed by atoms with Crippen LogP contribution in [0.15, 0.2) is 21.5 Å². The Morgan fingerprint density at radius 2 is 2.23 bits per heavy atom. The Balaban J connectivity index is 3.19. The number of carbonyl (C=O) groups excluding carboxylic acids is 1. The van der Waals surface area contributed by atoms with E-state index in [1.54, 1.807) is 11.8 Å². The van der Waals surface area contributed by atoms with Gasteiger partial charge in [0, 0.05) is 14.9 Å². The summed E-state index contributed by atoms with van der Waals surface area (Å²) in [5.41, 5.74) is 0.507. The minimum Gasteiger partial charge on any atom is -0.298 e.